The number of hydrogen-bond acceptors (Lipinski definition) is 4. The maximum Gasteiger partial charge on any atom is 0.306 e. The number of nitrogens with one attached hydrogen (secondary N) is 2. The second kappa shape index (κ2) is 11.1. The van der Waals surface area contributed by atoms with Gasteiger partial charge in [0.05, 0.1) is 11.8 Å². The highest BCUT2D eigenvalue weighted by Gasteiger charge is 2.40. The molecule has 2 aliphatic carbocycles. The van der Waals surface area contributed by atoms with E-state index in [1.807, 2.05) is 30.3 Å². The summed E-state index contributed by atoms with van der Waals surface area (Å²) in [5.74, 6) is -5.43. The van der Waals surface area contributed by atoms with Gasteiger partial charge in [0.15, 0.2) is 0 Å². The number of amides is 2. The van der Waals surface area contributed by atoms with Crippen LogP contribution >= 0.6 is 0 Å². The summed E-state index contributed by atoms with van der Waals surface area (Å²) in [6.45, 7) is 0. The summed E-state index contributed by atoms with van der Waals surface area (Å²) in [5.41, 5.74) is 0.895. The summed E-state index contributed by atoms with van der Waals surface area (Å²) in [5, 5.41) is 24.7. The molecule has 1 unspecified atom stereocenters. The molecule has 0 bridgehead atoms. The van der Waals surface area contributed by atoms with Gasteiger partial charge in [0.25, 0.3) is 0 Å². The van der Waals surface area contributed by atoms with Crippen LogP contribution in [0.25, 0.3) is 0 Å². The zero-order chi connectivity index (χ0) is 23.1. The number of aliphatic carboxylic acids is 2. The smallest absolute Gasteiger partial charge is 0.306 e. The number of carboxylic acid groups (broad SMARTS) is 2. The minimum Gasteiger partial charge on any atom is -0.481 e. The van der Waals surface area contributed by atoms with Gasteiger partial charge in [-0.15, -0.1) is 0 Å². The molecule has 3 rings (SSSR count). The summed E-state index contributed by atoms with van der Waals surface area (Å²) in [6.07, 6.45) is 5.61. The van der Waals surface area contributed by atoms with Gasteiger partial charge in [0, 0.05) is 18.4 Å². The summed E-state index contributed by atoms with van der Waals surface area (Å²) in [4.78, 5) is 49.1. The van der Waals surface area contributed by atoms with Crippen molar-refractivity contribution in [2.45, 2.75) is 69.9 Å². The van der Waals surface area contributed by atoms with Crippen molar-refractivity contribution in [1.29, 1.82) is 0 Å². The summed E-state index contributed by atoms with van der Waals surface area (Å²) in [7, 11) is 0. The van der Waals surface area contributed by atoms with E-state index in [9.17, 15) is 29.4 Å². The molecule has 0 aliphatic heterocycles. The van der Waals surface area contributed by atoms with E-state index in [0.717, 1.165) is 37.7 Å². The van der Waals surface area contributed by atoms with Crippen LogP contribution in [0.3, 0.4) is 0 Å². The van der Waals surface area contributed by atoms with Crippen molar-refractivity contribution in [3.8, 4) is 0 Å². The highest BCUT2D eigenvalue weighted by molar-refractivity contribution is 5.89. The van der Waals surface area contributed by atoms with E-state index < -0.39 is 41.6 Å². The lowest BCUT2D eigenvalue weighted by atomic mass is 9.74. The number of carboxylic acids is 2. The van der Waals surface area contributed by atoms with Crippen molar-refractivity contribution >= 4 is 23.8 Å². The first-order chi connectivity index (χ1) is 15.3. The van der Waals surface area contributed by atoms with Crippen LogP contribution in [0.15, 0.2) is 30.3 Å². The Morgan fingerprint density at radius 2 is 1.41 bits per heavy atom. The second-order valence-corrected chi connectivity index (χ2v) is 9.07. The lowest BCUT2D eigenvalue weighted by molar-refractivity contribution is -0.150. The topological polar surface area (TPSA) is 133 Å². The molecule has 0 heterocycles. The Labute approximate surface area is 187 Å². The SMILES string of the molecule is O=C(N[C@@H](Cc1ccccc1)C(=O)NC1CCCCC1)C1C[C@@H](C(=O)O)C[C@@H](C(=O)O)C1. The monoisotopic (exact) mass is 444 g/mol. The molecule has 1 aromatic rings. The van der Waals surface area contributed by atoms with Gasteiger partial charge < -0.3 is 20.8 Å². The van der Waals surface area contributed by atoms with Crippen molar-refractivity contribution in [3.05, 3.63) is 35.9 Å². The van der Waals surface area contributed by atoms with E-state index >= 15 is 0 Å². The van der Waals surface area contributed by atoms with Gasteiger partial charge in [-0.1, -0.05) is 49.6 Å². The molecule has 0 aromatic heterocycles. The third-order valence-electron chi connectivity index (χ3n) is 6.64. The van der Waals surface area contributed by atoms with Gasteiger partial charge in [-0.25, -0.2) is 0 Å². The molecule has 2 fully saturated rings. The van der Waals surface area contributed by atoms with Gasteiger partial charge in [0.2, 0.25) is 11.8 Å². The maximum atomic E-state index is 13.1. The van der Waals surface area contributed by atoms with Crippen LogP contribution in [0, 0.1) is 17.8 Å². The van der Waals surface area contributed by atoms with Crippen molar-refractivity contribution in [3.63, 3.8) is 0 Å². The van der Waals surface area contributed by atoms with Gasteiger partial charge >= 0.3 is 11.9 Å². The van der Waals surface area contributed by atoms with Gasteiger partial charge in [-0.05, 0) is 37.7 Å². The third kappa shape index (κ3) is 6.55. The lowest BCUT2D eigenvalue weighted by Gasteiger charge is -2.31. The van der Waals surface area contributed by atoms with E-state index in [1.54, 1.807) is 0 Å². The number of rotatable bonds is 8. The van der Waals surface area contributed by atoms with Gasteiger partial charge in [-0.2, -0.15) is 0 Å². The molecule has 0 saturated heterocycles. The van der Waals surface area contributed by atoms with Crippen LogP contribution in [0.1, 0.15) is 56.9 Å². The van der Waals surface area contributed by atoms with Gasteiger partial charge in [0.1, 0.15) is 6.04 Å². The van der Waals surface area contributed by atoms with Crippen LogP contribution < -0.4 is 10.6 Å². The predicted octanol–water partition coefficient (Wildman–Crippen LogP) is 2.36. The Balaban J connectivity index is 1.71. The zero-order valence-corrected chi connectivity index (χ0v) is 18.2. The molecule has 8 heteroatoms. The molecule has 2 saturated carbocycles. The molecular weight excluding hydrogens is 412 g/mol. The number of benzene rings is 1. The number of hydrogen-bond donors (Lipinski definition) is 4. The lowest BCUT2D eigenvalue weighted by Crippen LogP contribution is -2.53. The number of carbonyl (C=O) groups is 4. The van der Waals surface area contributed by atoms with E-state index in [-0.39, 0.29) is 31.2 Å². The average Bonchev–Trinajstić information content (AvgIpc) is 2.79. The molecule has 4 N–H and O–H groups in total. The first-order valence-corrected chi connectivity index (χ1v) is 11.4. The van der Waals surface area contributed by atoms with E-state index in [4.69, 9.17) is 0 Å². The fourth-order valence-electron chi connectivity index (χ4n) is 4.83. The van der Waals surface area contributed by atoms with Gasteiger partial charge in [-0.3, -0.25) is 19.2 Å². The Bertz CT molecular complexity index is 799. The standard InChI is InChI=1S/C24H32N2O6/c27-21(16-12-17(23(29)30)14-18(13-16)24(31)32)26-20(11-15-7-3-1-4-8-15)22(28)25-19-9-5-2-6-10-19/h1,3-4,7-8,16-20H,2,5-6,9-14H2,(H,25,28)(H,26,27)(H,29,30)(H,31,32)/t16?,17-,18+,20-/m0/s1. The molecule has 4 atom stereocenters. The summed E-state index contributed by atoms with van der Waals surface area (Å²) < 4.78 is 0. The normalized spacial score (nSPS) is 24.8. The molecule has 2 aliphatic rings. The minimum atomic E-state index is -1.09. The fourth-order valence-corrected chi connectivity index (χ4v) is 4.83. The van der Waals surface area contributed by atoms with Crippen LogP contribution in [0.5, 0.6) is 0 Å². The first-order valence-electron chi connectivity index (χ1n) is 11.4. The Kier molecular flexibility index (Phi) is 8.25. The molecule has 8 nitrogen and oxygen atoms in total. The summed E-state index contributed by atoms with van der Waals surface area (Å²) >= 11 is 0. The molecule has 2 amide bonds. The third-order valence-corrected chi connectivity index (χ3v) is 6.64. The molecule has 174 valence electrons. The molecule has 1 aromatic carbocycles. The van der Waals surface area contributed by atoms with Crippen molar-refractivity contribution in [1.82, 2.24) is 10.6 Å². The van der Waals surface area contributed by atoms with Crippen molar-refractivity contribution in [2.24, 2.45) is 17.8 Å². The Morgan fingerprint density at radius 1 is 0.844 bits per heavy atom. The fraction of sp³-hybridized carbons (Fsp3) is 0.583. The van der Waals surface area contributed by atoms with E-state index in [0.29, 0.717) is 6.42 Å². The summed E-state index contributed by atoms with van der Waals surface area (Å²) in [6, 6.07) is 8.66. The largest absolute Gasteiger partial charge is 0.481 e. The highest BCUT2D eigenvalue weighted by Crippen LogP contribution is 2.34. The van der Waals surface area contributed by atoms with Crippen LogP contribution in [0.4, 0.5) is 0 Å². The van der Waals surface area contributed by atoms with E-state index in [2.05, 4.69) is 10.6 Å². The highest BCUT2D eigenvalue weighted by atomic mass is 16.4. The first kappa shape index (κ1) is 23.8. The average molecular weight is 445 g/mol. The molecule has 0 radical (unpaired) electrons. The van der Waals surface area contributed by atoms with Crippen LogP contribution in [0.2, 0.25) is 0 Å². The molecular formula is C24H32N2O6. The molecule has 0 spiro atoms. The maximum absolute atomic E-state index is 13.1. The minimum absolute atomic E-state index is 0.0179. The zero-order valence-electron chi connectivity index (χ0n) is 18.2. The molecule has 32 heavy (non-hydrogen) atoms. The van der Waals surface area contributed by atoms with E-state index in [1.165, 1.54) is 0 Å². The Hall–Kier alpha value is -2.90. The Morgan fingerprint density at radius 3 is 1.97 bits per heavy atom. The van der Waals surface area contributed by atoms with Crippen molar-refractivity contribution < 1.29 is 29.4 Å². The second-order valence-electron chi connectivity index (χ2n) is 9.07. The van der Waals surface area contributed by atoms with Crippen LogP contribution in [-0.4, -0.2) is 46.0 Å². The quantitative estimate of drug-likeness (QED) is 0.487. The number of carbonyl (C=O) groups excluding carboxylic acids is 2. The van der Waals surface area contributed by atoms with Crippen molar-refractivity contribution in [2.75, 3.05) is 0 Å². The predicted molar refractivity (Wildman–Crippen MR) is 117 cm³/mol. The van der Waals surface area contributed by atoms with Crippen LogP contribution in [-0.2, 0) is 25.6 Å².